The summed E-state index contributed by atoms with van der Waals surface area (Å²) in [5, 5.41) is 1.25. The Kier molecular flexibility index (Phi) is 5.09. The summed E-state index contributed by atoms with van der Waals surface area (Å²) >= 11 is 9.38. The van der Waals surface area contributed by atoms with Crippen LogP contribution in [0.25, 0.3) is 0 Å². The number of carbonyl (C=O) groups is 1. The Morgan fingerprint density at radius 3 is 2.56 bits per heavy atom. The molecule has 1 rings (SSSR count). The van der Waals surface area contributed by atoms with Crippen LogP contribution in [0.4, 0.5) is 0 Å². The van der Waals surface area contributed by atoms with Crippen LogP contribution < -0.4 is 4.74 Å². The standard InChI is InChI=1S/C11H12BrClO3/c1-15-10-4-8(6-12)9(13)3-7(10)5-11(14)16-2/h3-4H,5-6H2,1-2H3. The molecule has 0 unspecified atom stereocenters. The molecule has 0 saturated carbocycles. The second-order valence-corrected chi connectivity index (χ2v) is 4.11. The van der Waals surface area contributed by atoms with E-state index in [1.165, 1.54) is 7.11 Å². The van der Waals surface area contributed by atoms with E-state index in [0.29, 0.717) is 16.1 Å². The van der Waals surface area contributed by atoms with Gasteiger partial charge in [-0.3, -0.25) is 4.79 Å². The minimum atomic E-state index is -0.319. The predicted molar refractivity (Wildman–Crippen MR) is 66.4 cm³/mol. The van der Waals surface area contributed by atoms with E-state index in [4.69, 9.17) is 16.3 Å². The van der Waals surface area contributed by atoms with Crippen molar-refractivity contribution in [1.29, 1.82) is 0 Å². The highest BCUT2D eigenvalue weighted by atomic mass is 79.9. The van der Waals surface area contributed by atoms with E-state index in [9.17, 15) is 4.79 Å². The maximum Gasteiger partial charge on any atom is 0.310 e. The molecule has 1 aromatic carbocycles. The van der Waals surface area contributed by atoms with Crippen LogP contribution in [0.1, 0.15) is 11.1 Å². The molecule has 0 aromatic heterocycles. The monoisotopic (exact) mass is 306 g/mol. The number of carbonyl (C=O) groups excluding carboxylic acids is 1. The van der Waals surface area contributed by atoms with Gasteiger partial charge < -0.3 is 9.47 Å². The third-order valence-electron chi connectivity index (χ3n) is 2.16. The van der Waals surface area contributed by atoms with Crippen molar-refractivity contribution in [3.8, 4) is 5.75 Å². The van der Waals surface area contributed by atoms with Gasteiger partial charge in [0.05, 0.1) is 20.6 Å². The zero-order chi connectivity index (χ0) is 12.1. The Morgan fingerprint density at radius 2 is 2.06 bits per heavy atom. The number of rotatable bonds is 4. The molecule has 88 valence electrons. The minimum absolute atomic E-state index is 0.155. The fraction of sp³-hybridized carbons (Fsp3) is 0.364. The van der Waals surface area contributed by atoms with Crippen LogP contribution in [0, 0.1) is 0 Å². The van der Waals surface area contributed by atoms with Crippen LogP contribution in [-0.2, 0) is 21.3 Å². The number of esters is 1. The average Bonchev–Trinajstić information content (AvgIpc) is 2.29. The number of halogens is 2. The van der Waals surface area contributed by atoms with Crippen LogP contribution in [0.2, 0.25) is 5.02 Å². The number of hydrogen-bond donors (Lipinski definition) is 0. The quantitative estimate of drug-likeness (QED) is 0.634. The van der Waals surface area contributed by atoms with Crippen molar-refractivity contribution >= 4 is 33.5 Å². The average molecular weight is 308 g/mol. The lowest BCUT2D eigenvalue weighted by molar-refractivity contribution is -0.139. The third kappa shape index (κ3) is 3.12. The van der Waals surface area contributed by atoms with Crippen LogP contribution in [0.15, 0.2) is 12.1 Å². The smallest absolute Gasteiger partial charge is 0.310 e. The second-order valence-electron chi connectivity index (χ2n) is 3.14. The van der Waals surface area contributed by atoms with Gasteiger partial charge in [0.2, 0.25) is 0 Å². The lowest BCUT2D eigenvalue weighted by Crippen LogP contribution is -2.06. The number of hydrogen-bond acceptors (Lipinski definition) is 3. The first kappa shape index (κ1) is 13.3. The highest BCUT2D eigenvalue weighted by Gasteiger charge is 2.12. The van der Waals surface area contributed by atoms with Gasteiger partial charge in [-0.1, -0.05) is 27.5 Å². The molecule has 5 heteroatoms. The van der Waals surface area contributed by atoms with Crippen molar-refractivity contribution in [2.75, 3.05) is 14.2 Å². The topological polar surface area (TPSA) is 35.5 Å². The molecule has 0 aliphatic carbocycles. The van der Waals surface area contributed by atoms with Crippen LogP contribution in [0.5, 0.6) is 5.75 Å². The molecule has 0 heterocycles. The fourth-order valence-corrected chi connectivity index (χ4v) is 2.17. The number of alkyl halides is 1. The highest BCUT2D eigenvalue weighted by molar-refractivity contribution is 9.08. The Balaban J connectivity index is 3.08. The van der Waals surface area contributed by atoms with Crippen molar-refractivity contribution < 1.29 is 14.3 Å². The van der Waals surface area contributed by atoms with Gasteiger partial charge in [0, 0.05) is 15.9 Å². The highest BCUT2D eigenvalue weighted by Crippen LogP contribution is 2.29. The molecule has 16 heavy (non-hydrogen) atoms. The Morgan fingerprint density at radius 1 is 1.38 bits per heavy atom. The van der Waals surface area contributed by atoms with Crippen LogP contribution >= 0.6 is 27.5 Å². The molecule has 0 radical (unpaired) electrons. The molecule has 0 bridgehead atoms. The van der Waals surface area contributed by atoms with Crippen LogP contribution in [0.3, 0.4) is 0 Å². The fourth-order valence-electron chi connectivity index (χ4n) is 1.29. The molecule has 0 aliphatic heterocycles. The molecular weight excluding hydrogens is 295 g/mol. The molecule has 3 nitrogen and oxygen atoms in total. The van der Waals surface area contributed by atoms with Gasteiger partial charge >= 0.3 is 5.97 Å². The first-order valence-electron chi connectivity index (χ1n) is 4.60. The number of ether oxygens (including phenoxy) is 2. The summed E-state index contributed by atoms with van der Waals surface area (Å²) in [4.78, 5) is 11.2. The van der Waals surface area contributed by atoms with Gasteiger partial charge in [-0.05, 0) is 17.7 Å². The lowest BCUT2D eigenvalue weighted by Gasteiger charge is -2.10. The third-order valence-corrected chi connectivity index (χ3v) is 3.11. The Labute approximate surface area is 108 Å². The van der Waals surface area contributed by atoms with E-state index in [0.717, 1.165) is 11.1 Å². The van der Waals surface area contributed by atoms with E-state index < -0.39 is 0 Å². The van der Waals surface area contributed by atoms with Crippen molar-refractivity contribution in [2.24, 2.45) is 0 Å². The molecule has 0 saturated heterocycles. The largest absolute Gasteiger partial charge is 0.496 e. The van der Waals surface area contributed by atoms with E-state index in [1.807, 2.05) is 6.07 Å². The summed E-state index contributed by atoms with van der Waals surface area (Å²) in [6.45, 7) is 0. The SMILES string of the molecule is COC(=O)Cc1cc(Cl)c(CBr)cc1OC. The van der Waals surface area contributed by atoms with E-state index in [-0.39, 0.29) is 12.4 Å². The summed E-state index contributed by atoms with van der Waals surface area (Å²) in [6, 6.07) is 3.54. The maximum atomic E-state index is 11.2. The summed E-state index contributed by atoms with van der Waals surface area (Å²) < 4.78 is 9.80. The molecule has 0 N–H and O–H groups in total. The van der Waals surface area contributed by atoms with Crippen molar-refractivity contribution in [3.63, 3.8) is 0 Å². The number of methoxy groups -OCH3 is 2. The van der Waals surface area contributed by atoms with Gasteiger partial charge in [-0.15, -0.1) is 0 Å². The van der Waals surface area contributed by atoms with Gasteiger partial charge in [0.25, 0.3) is 0 Å². The molecule has 1 aromatic rings. The predicted octanol–water partition coefficient (Wildman–Crippen LogP) is 2.96. The number of benzene rings is 1. The summed E-state index contributed by atoms with van der Waals surface area (Å²) in [7, 11) is 2.91. The zero-order valence-electron chi connectivity index (χ0n) is 9.05. The first-order chi connectivity index (χ1) is 7.62. The Bertz CT molecular complexity index is 393. The molecule has 0 aliphatic rings. The van der Waals surface area contributed by atoms with Gasteiger partial charge in [-0.25, -0.2) is 0 Å². The normalized spacial score (nSPS) is 10.0. The molecular formula is C11H12BrClO3. The molecule has 0 amide bonds. The van der Waals surface area contributed by atoms with E-state index in [2.05, 4.69) is 20.7 Å². The molecule has 0 atom stereocenters. The zero-order valence-corrected chi connectivity index (χ0v) is 11.4. The van der Waals surface area contributed by atoms with Crippen molar-refractivity contribution in [3.05, 3.63) is 28.3 Å². The second kappa shape index (κ2) is 6.11. The minimum Gasteiger partial charge on any atom is -0.496 e. The molecule has 0 fully saturated rings. The first-order valence-corrected chi connectivity index (χ1v) is 6.10. The maximum absolute atomic E-state index is 11.2. The Hall–Kier alpha value is -0.740. The van der Waals surface area contributed by atoms with Gasteiger partial charge in [0.15, 0.2) is 0 Å². The van der Waals surface area contributed by atoms with Crippen molar-refractivity contribution in [2.45, 2.75) is 11.8 Å². The molecule has 0 spiro atoms. The van der Waals surface area contributed by atoms with Crippen molar-refractivity contribution in [1.82, 2.24) is 0 Å². The summed E-state index contributed by atoms with van der Waals surface area (Å²) in [5.74, 6) is 0.324. The van der Waals surface area contributed by atoms with Gasteiger partial charge in [0.1, 0.15) is 5.75 Å². The van der Waals surface area contributed by atoms with E-state index >= 15 is 0 Å². The summed E-state index contributed by atoms with van der Waals surface area (Å²) in [6.07, 6.45) is 0.155. The van der Waals surface area contributed by atoms with Gasteiger partial charge in [-0.2, -0.15) is 0 Å². The van der Waals surface area contributed by atoms with Crippen LogP contribution in [-0.4, -0.2) is 20.2 Å². The van der Waals surface area contributed by atoms with E-state index in [1.54, 1.807) is 13.2 Å². The summed E-state index contributed by atoms with van der Waals surface area (Å²) in [5.41, 5.74) is 1.65. The lowest BCUT2D eigenvalue weighted by atomic mass is 10.1.